The van der Waals surface area contributed by atoms with Crippen LogP contribution in [0.2, 0.25) is 0 Å². The summed E-state index contributed by atoms with van der Waals surface area (Å²) in [5.41, 5.74) is 5.63. The number of sulfonamides is 1. The molecule has 0 aromatic heterocycles. The summed E-state index contributed by atoms with van der Waals surface area (Å²) in [5, 5.41) is 8.96. The lowest BCUT2D eigenvalue weighted by atomic mass is 9.97. The Morgan fingerprint density at radius 1 is 1.45 bits per heavy atom. The Morgan fingerprint density at radius 2 is 2.20 bits per heavy atom. The summed E-state index contributed by atoms with van der Waals surface area (Å²) in [5.74, 6) is -0.699. The molecule has 0 amide bonds. The fraction of sp³-hybridized carbons (Fsp3) is 0.538. The van der Waals surface area contributed by atoms with E-state index in [-0.39, 0.29) is 23.1 Å². The number of nitrogen functional groups attached to an aromatic ring is 1. The molecule has 20 heavy (non-hydrogen) atoms. The molecule has 1 atom stereocenters. The van der Waals surface area contributed by atoms with Crippen molar-refractivity contribution in [2.75, 3.05) is 25.4 Å². The van der Waals surface area contributed by atoms with E-state index in [2.05, 4.69) is 0 Å². The van der Waals surface area contributed by atoms with E-state index in [1.54, 1.807) is 0 Å². The number of nitrogens with zero attached hydrogens (tertiary/aromatic N) is 1. The molecule has 7 heteroatoms. The van der Waals surface area contributed by atoms with E-state index in [1.165, 1.54) is 16.4 Å². The van der Waals surface area contributed by atoms with Crippen molar-refractivity contribution in [2.45, 2.75) is 24.2 Å². The zero-order valence-electron chi connectivity index (χ0n) is 11.1. The molecule has 1 fully saturated rings. The summed E-state index contributed by atoms with van der Waals surface area (Å²) in [7, 11) is -3.84. The van der Waals surface area contributed by atoms with Crippen molar-refractivity contribution in [3.05, 3.63) is 24.0 Å². The van der Waals surface area contributed by atoms with Crippen molar-refractivity contribution < 1.29 is 17.9 Å². The number of benzene rings is 1. The molecule has 1 saturated heterocycles. The highest BCUT2D eigenvalue weighted by molar-refractivity contribution is 7.89. The minimum absolute atomic E-state index is 0.0365. The van der Waals surface area contributed by atoms with Gasteiger partial charge < -0.3 is 10.8 Å². The summed E-state index contributed by atoms with van der Waals surface area (Å²) in [6.07, 6.45) is 2.17. The van der Waals surface area contributed by atoms with Crippen LogP contribution in [0.5, 0.6) is 0 Å². The quantitative estimate of drug-likeness (QED) is 0.818. The first-order valence-electron chi connectivity index (χ1n) is 6.61. The Kier molecular flexibility index (Phi) is 4.62. The third-order valence-electron chi connectivity index (χ3n) is 3.59. The van der Waals surface area contributed by atoms with E-state index in [1.807, 2.05) is 0 Å². The number of hydrogen-bond donors (Lipinski definition) is 2. The van der Waals surface area contributed by atoms with E-state index in [4.69, 9.17) is 10.8 Å². The Morgan fingerprint density at radius 3 is 2.85 bits per heavy atom. The minimum Gasteiger partial charge on any atom is -0.399 e. The summed E-state index contributed by atoms with van der Waals surface area (Å²) >= 11 is 0. The first-order valence-corrected chi connectivity index (χ1v) is 8.05. The smallest absolute Gasteiger partial charge is 0.245 e. The maximum atomic E-state index is 13.8. The van der Waals surface area contributed by atoms with Gasteiger partial charge in [0.05, 0.1) is 0 Å². The molecule has 0 spiro atoms. The Bertz CT molecular complexity index is 575. The van der Waals surface area contributed by atoms with Gasteiger partial charge in [-0.2, -0.15) is 4.31 Å². The normalized spacial score (nSPS) is 21.0. The third kappa shape index (κ3) is 3.11. The first-order chi connectivity index (χ1) is 9.45. The van der Waals surface area contributed by atoms with Gasteiger partial charge in [-0.1, -0.05) is 0 Å². The number of hydrogen-bond acceptors (Lipinski definition) is 4. The zero-order chi connectivity index (χ0) is 14.8. The van der Waals surface area contributed by atoms with Gasteiger partial charge in [-0.05, 0) is 43.4 Å². The van der Waals surface area contributed by atoms with Crippen LogP contribution in [-0.4, -0.2) is 37.5 Å². The molecular weight excluding hydrogens is 283 g/mol. The van der Waals surface area contributed by atoms with Crippen molar-refractivity contribution >= 4 is 15.7 Å². The summed E-state index contributed by atoms with van der Waals surface area (Å²) in [4.78, 5) is -0.337. The van der Waals surface area contributed by atoms with Gasteiger partial charge in [-0.15, -0.1) is 0 Å². The van der Waals surface area contributed by atoms with Gasteiger partial charge in [0.1, 0.15) is 10.7 Å². The van der Waals surface area contributed by atoms with Gasteiger partial charge in [0.15, 0.2) is 0 Å². The third-order valence-corrected chi connectivity index (χ3v) is 5.49. The van der Waals surface area contributed by atoms with Crippen LogP contribution in [0.25, 0.3) is 0 Å². The molecule has 0 bridgehead atoms. The van der Waals surface area contributed by atoms with Gasteiger partial charge in [0.25, 0.3) is 0 Å². The highest BCUT2D eigenvalue weighted by Crippen LogP contribution is 2.27. The molecule has 2 rings (SSSR count). The van der Waals surface area contributed by atoms with Crippen LogP contribution in [0.1, 0.15) is 19.3 Å². The van der Waals surface area contributed by atoms with E-state index < -0.39 is 15.8 Å². The van der Waals surface area contributed by atoms with E-state index in [0.717, 1.165) is 18.9 Å². The van der Waals surface area contributed by atoms with Gasteiger partial charge in [-0.3, -0.25) is 0 Å². The number of aliphatic hydroxyl groups is 1. The predicted octanol–water partition coefficient (Wildman–Crippen LogP) is 1.19. The first kappa shape index (κ1) is 15.2. The van der Waals surface area contributed by atoms with Gasteiger partial charge in [-0.25, -0.2) is 12.8 Å². The number of piperidine rings is 1. The number of nitrogens with two attached hydrogens (primary N) is 1. The zero-order valence-corrected chi connectivity index (χ0v) is 11.9. The van der Waals surface area contributed by atoms with Gasteiger partial charge in [0.2, 0.25) is 10.0 Å². The van der Waals surface area contributed by atoms with Crippen molar-refractivity contribution in [3.63, 3.8) is 0 Å². The molecule has 1 heterocycles. The average molecular weight is 302 g/mol. The van der Waals surface area contributed by atoms with Gasteiger partial charge in [0, 0.05) is 25.4 Å². The Balaban J connectivity index is 2.25. The number of aliphatic hydroxyl groups excluding tert-OH is 1. The number of rotatable bonds is 4. The molecule has 1 aromatic rings. The SMILES string of the molecule is Nc1ccc(S(=O)(=O)N2CCCC(CCO)C2)c(F)c1. The molecule has 1 aromatic carbocycles. The Hall–Kier alpha value is -1.18. The second kappa shape index (κ2) is 6.07. The molecule has 112 valence electrons. The molecule has 0 radical (unpaired) electrons. The maximum Gasteiger partial charge on any atom is 0.245 e. The lowest BCUT2D eigenvalue weighted by Gasteiger charge is -2.31. The summed E-state index contributed by atoms with van der Waals surface area (Å²) < 4.78 is 40.0. The van der Waals surface area contributed by atoms with Crippen LogP contribution in [0.3, 0.4) is 0 Å². The highest BCUT2D eigenvalue weighted by Gasteiger charge is 2.31. The summed E-state index contributed by atoms with van der Waals surface area (Å²) in [6, 6.07) is 3.60. The monoisotopic (exact) mass is 302 g/mol. The van der Waals surface area contributed by atoms with Crippen LogP contribution < -0.4 is 5.73 Å². The molecule has 0 aliphatic carbocycles. The van der Waals surface area contributed by atoms with E-state index >= 15 is 0 Å². The van der Waals surface area contributed by atoms with Crippen molar-refractivity contribution in [1.82, 2.24) is 4.31 Å². The number of anilines is 1. The van der Waals surface area contributed by atoms with E-state index in [9.17, 15) is 12.8 Å². The fourth-order valence-corrected chi connectivity index (χ4v) is 4.13. The van der Waals surface area contributed by atoms with Crippen LogP contribution in [0, 0.1) is 11.7 Å². The molecule has 1 aliphatic rings. The van der Waals surface area contributed by atoms with Crippen LogP contribution >= 0.6 is 0 Å². The Labute approximate surface area is 118 Å². The molecule has 0 saturated carbocycles. The standard InChI is InChI=1S/C13H19FN2O3S/c14-12-8-11(15)3-4-13(12)20(18,19)16-6-1-2-10(9-16)5-7-17/h3-4,8,10,17H,1-2,5-7,9,15H2. The molecule has 1 unspecified atom stereocenters. The second-order valence-corrected chi connectivity index (χ2v) is 6.98. The minimum atomic E-state index is -3.84. The lowest BCUT2D eigenvalue weighted by Crippen LogP contribution is -2.40. The largest absolute Gasteiger partial charge is 0.399 e. The summed E-state index contributed by atoms with van der Waals surface area (Å²) in [6.45, 7) is 0.746. The molecule has 3 N–H and O–H groups in total. The molecular formula is C13H19FN2O3S. The van der Waals surface area contributed by atoms with Crippen molar-refractivity contribution in [2.24, 2.45) is 5.92 Å². The fourth-order valence-electron chi connectivity index (χ4n) is 2.53. The highest BCUT2D eigenvalue weighted by atomic mass is 32.2. The van der Waals surface area contributed by atoms with E-state index in [0.29, 0.717) is 19.5 Å². The molecule has 5 nitrogen and oxygen atoms in total. The van der Waals surface area contributed by atoms with Crippen molar-refractivity contribution in [1.29, 1.82) is 0 Å². The second-order valence-electron chi connectivity index (χ2n) is 5.07. The number of halogens is 1. The maximum absolute atomic E-state index is 13.8. The molecule has 1 aliphatic heterocycles. The average Bonchev–Trinajstić information content (AvgIpc) is 2.39. The topological polar surface area (TPSA) is 83.6 Å². The van der Waals surface area contributed by atoms with Crippen LogP contribution in [-0.2, 0) is 10.0 Å². The lowest BCUT2D eigenvalue weighted by molar-refractivity contribution is 0.202. The predicted molar refractivity (Wildman–Crippen MR) is 74.0 cm³/mol. The van der Waals surface area contributed by atoms with Crippen LogP contribution in [0.4, 0.5) is 10.1 Å². The van der Waals surface area contributed by atoms with Crippen molar-refractivity contribution in [3.8, 4) is 0 Å². The van der Waals surface area contributed by atoms with Crippen LogP contribution in [0.15, 0.2) is 23.1 Å². The van der Waals surface area contributed by atoms with Gasteiger partial charge >= 0.3 is 0 Å².